The van der Waals surface area contributed by atoms with Crippen LogP contribution in [0.15, 0.2) is 63.6 Å². The molecule has 0 spiro atoms. The molecule has 0 radical (unpaired) electrons. The van der Waals surface area contributed by atoms with Gasteiger partial charge in [-0.3, -0.25) is 4.79 Å². The van der Waals surface area contributed by atoms with Crippen LogP contribution in [-0.4, -0.2) is 16.2 Å². The molecule has 0 bridgehead atoms. The Labute approximate surface area is 134 Å². The number of benzene rings is 2. The molecule has 4 aromatic rings. The predicted octanol–water partition coefficient (Wildman–Crippen LogP) is 3.87. The first-order valence-corrected chi connectivity index (χ1v) is 7.09. The third kappa shape index (κ3) is 2.52. The number of anilines is 1. The zero-order valence-corrected chi connectivity index (χ0v) is 12.2. The van der Waals surface area contributed by atoms with Gasteiger partial charge in [0, 0.05) is 11.6 Å². The molecule has 24 heavy (non-hydrogen) atoms. The maximum absolute atomic E-state index is 13.3. The molecule has 118 valence electrons. The second kappa shape index (κ2) is 5.62. The minimum absolute atomic E-state index is 0.0846. The smallest absolute Gasteiger partial charge is 0.279 e. The molecule has 1 N–H and O–H groups in total. The van der Waals surface area contributed by atoms with Gasteiger partial charge in [0.2, 0.25) is 0 Å². The second-order valence-corrected chi connectivity index (χ2v) is 5.07. The van der Waals surface area contributed by atoms with Gasteiger partial charge in [0.15, 0.2) is 22.9 Å². The minimum atomic E-state index is -0.527. The third-order valence-electron chi connectivity index (χ3n) is 3.47. The van der Waals surface area contributed by atoms with Gasteiger partial charge in [-0.05, 0) is 18.2 Å². The number of nitrogens with one attached hydrogen (secondary N) is 1. The fourth-order valence-corrected chi connectivity index (χ4v) is 2.29. The monoisotopic (exact) mass is 323 g/mol. The summed E-state index contributed by atoms with van der Waals surface area (Å²) in [6, 6.07) is 14.7. The van der Waals surface area contributed by atoms with Crippen LogP contribution in [0.5, 0.6) is 0 Å². The van der Waals surface area contributed by atoms with E-state index in [1.54, 1.807) is 0 Å². The Balaban J connectivity index is 1.60. The number of carbonyl (C=O) groups excluding carboxylic acids is 1. The number of carbonyl (C=O) groups is 1. The van der Waals surface area contributed by atoms with Crippen molar-refractivity contribution in [2.45, 2.75) is 0 Å². The van der Waals surface area contributed by atoms with Crippen molar-refractivity contribution < 1.29 is 18.2 Å². The van der Waals surface area contributed by atoms with Crippen LogP contribution in [0.4, 0.5) is 10.2 Å². The van der Waals surface area contributed by atoms with Gasteiger partial charge in [0.1, 0.15) is 5.82 Å². The second-order valence-electron chi connectivity index (χ2n) is 5.07. The molecule has 7 heteroatoms. The maximum atomic E-state index is 13.3. The van der Waals surface area contributed by atoms with E-state index in [1.165, 1.54) is 24.3 Å². The van der Waals surface area contributed by atoms with E-state index in [-0.39, 0.29) is 11.5 Å². The highest BCUT2D eigenvalue weighted by molar-refractivity contribution is 6.06. The number of amides is 1. The molecule has 0 aliphatic heterocycles. The highest BCUT2D eigenvalue weighted by Gasteiger charge is 2.17. The molecule has 2 aromatic carbocycles. The summed E-state index contributed by atoms with van der Waals surface area (Å²) in [4.78, 5) is 12.3. The van der Waals surface area contributed by atoms with Crippen LogP contribution < -0.4 is 5.32 Å². The van der Waals surface area contributed by atoms with Gasteiger partial charge in [-0.1, -0.05) is 40.6 Å². The summed E-state index contributed by atoms with van der Waals surface area (Å²) in [5.74, 6) is -0.384. The van der Waals surface area contributed by atoms with E-state index in [9.17, 15) is 9.18 Å². The fourth-order valence-electron chi connectivity index (χ4n) is 2.29. The summed E-state index contributed by atoms with van der Waals surface area (Å²) in [5.41, 5.74) is 1.26. The molecular weight excluding hydrogens is 313 g/mol. The van der Waals surface area contributed by atoms with E-state index in [1.807, 2.05) is 30.3 Å². The molecule has 0 fully saturated rings. The molecule has 4 rings (SSSR count). The van der Waals surface area contributed by atoms with Gasteiger partial charge < -0.3 is 14.4 Å². The number of hydrogen-bond acceptors (Lipinski definition) is 5. The number of rotatable bonds is 3. The predicted molar refractivity (Wildman–Crippen MR) is 83.9 cm³/mol. The lowest BCUT2D eigenvalue weighted by Gasteiger charge is -1.97. The van der Waals surface area contributed by atoms with Crippen molar-refractivity contribution in [3.05, 3.63) is 66.1 Å². The topological polar surface area (TPSA) is 81.2 Å². The van der Waals surface area contributed by atoms with Crippen molar-refractivity contribution in [3.63, 3.8) is 0 Å². The lowest BCUT2D eigenvalue weighted by Crippen LogP contribution is -2.12. The third-order valence-corrected chi connectivity index (χ3v) is 3.47. The Hall–Kier alpha value is -3.48. The van der Waals surface area contributed by atoms with Crippen LogP contribution in [0.25, 0.3) is 22.3 Å². The molecule has 0 aliphatic rings. The largest absolute Gasteiger partial charge is 0.355 e. The summed E-state index contributed by atoms with van der Waals surface area (Å²) in [7, 11) is 0. The van der Waals surface area contributed by atoms with Crippen LogP contribution in [0, 0.1) is 5.82 Å². The number of hydrogen-bond donors (Lipinski definition) is 1. The number of halogens is 1. The highest BCUT2D eigenvalue weighted by Crippen LogP contribution is 2.25. The summed E-state index contributed by atoms with van der Waals surface area (Å²) >= 11 is 0. The van der Waals surface area contributed by atoms with Crippen molar-refractivity contribution in [3.8, 4) is 11.3 Å². The standard InChI is InChI=1S/C17H10FN3O3/c18-11-6-7-14-12(8-11)16(21-23-14)19-17(22)13-9-15(24-20-13)10-4-2-1-3-5-10/h1-9H,(H,19,21,22). The van der Waals surface area contributed by atoms with Crippen molar-refractivity contribution in [2.75, 3.05) is 5.32 Å². The summed E-state index contributed by atoms with van der Waals surface area (Å²) in [6.45, 7) is 0. The minimum Gasteiger partial charge on any atom is -0.355 e. The average molecular weight is 323 g/mol. The van der Waals surface area contributed by atoms with Crippen LogP contribution in [-0.2, 0) is 0 Å². The van der Waals surface area contributed by atoms with Gasteiger partial charge in [-0.2, -0.15) is 0 Å². The number of aromatic nitrogens is 2. The zero-order chi connectivity index (χ0) is 16.5. The van der Waals surface area contributed by atoms with Crippen LogP contribution in [0.3, 0.4) is 0 Å². The van der Waals surface area contributed by atoms with Crippen molar-refractivity contribution in [1.82, 2.24) is 10.3 Å². The van der Waals surface area contributed by atoms with Gasteiger partial charge in [0.05, 0.1) is 5.39 Å². The van der Waals surface area contributed by atoms with Gasteiger partial charge in [-0.15, -0.1) is 0 Å². The van der Waals surface area contributed by atoms with Crippen molar-refractivity contribution in [2.24, 2.45) is 0 Å². The van der Waals surface area contributed by atoms with E-state index >= 15 is 0 Å². The Morgan fingerprint density at radius 1 is 1.00 bits per heavy atom. The van der Waals surface area contributed by atoms with E-state index in [0.717, 1.165) is 5.56 Å². The normalized spacial score (nSPS) is 10.9. The Bertz CT molecular complexity index is 1020. The van der Waals surface area contributed by atoms with Crippen LogP contribution in [0.2, 0.25) is 0 Å². The maximum Gasteiger partial charge on any atom is 0.279 e. The number of fused-ring (bicyclic) bond motifs is 1. The molecule has 6 nitrogen and oxygen atoms in total. The quantitative estimate of drug-likeness (QED) is 0.619. The molecule has 2 aromatic heterocycles. The first-order valence-electron chi connectivity index (χ1n) is 7.09. The average Bonchev–Trinajstić information content (AvgIpc) is 3.23. The fraction of sp³-hybridized carbons (Fsp3) is 0. The lowest BCUT2D eigenvalue weighted by atomic mass is 10.1. The van der Waals surface area contributed by atoms with E-state index in [4.69, 9.17) is 9.05 Å². The molecule has 0 aliphatic carbocycles. The van der Waals surface area contributed by atoms with Gasteiger partial charge >= 0.3 is 0 Å². The Morgan fingerprint density at radius 3 is 2.67 bits per heavy atom. The van der Waals surface area contributed by atoms with E-state index < -0.39 is 11.7 Å². The first-order chi connectivity index (χ1) is 11.7. The number of nitrogens with zero attached hydrogens (tertiary/aromatic N) is 2. The van der Waals surface area contributed by atoms with E-state index in [0.29, 0.717) is 16.7 Å². The molecular formula is C17H10FN3O3. The molecule has 1 amide bonds. The van der Waals surface area contributed by atoms with Gasteiger partial charge in [-0.25, -0.2) is 4.39 Å². The SMILES string of the molecule is O=C(Nc1noc2ccc(F)cc12)c1cc(-c2ccccc2)on1. The molecule has 0 saturated carbocycles. The molecule has 0 atom stereocenters. The van der Waals surface area contributed by atoms with Crippen molar-refractivity contribution in [1.29, 1.82) is 0 Å². The van der Waals surface area contributed by atoms with Crippen LogP contribution >= 0.6 is 0 Å². The first kappa shape index (κ1) is 14.1. The summed E-state index contributed by atoms with van der Waals surface area (Å²) in [5, 5.41) is 10.4. The summed E-state index contributed by atoms with van der Waals surface area (Å²) < 4.78 is 23.6. The van der Waals surface area contributed by atoms with Gasteiger partial charge in [0.25, 0.3) is 5.91 Å². The Morgan fingerprint density at radius 2 is 1.83 bits per heavy atom. The van der Waals surface area contributed by atoms with Crippen LogP contribution in [0.1, 0.15) is 10.5 Å². The zero-order valence-electron chi connectivity index (χ0n) is 12.2. The molecule has 2 heterocycles. The highest BCUT2D eigenvalue weighted by atomic mass is 19.1. The van der Waals surface area contributed by atoms with Crippen molar-refractivity contribution >= 4 is 22.7 Å². The van der Waals surface area contributed by atoms with E-state index in [2.05, 4.69) is 15.6 Å². The summed E-state index contributed by atoms with van der Waals surface area (Å²) in [6.07, 6.45) is 0. The lowest BCUT2D eigenvalue weighted by molar-refractivity contribution is 0.101. The Kier molecular flexibility index (Phi) is 3.31. The molecule has 0 saturated heterocycles. The molecule has 0 unspecified atom stereocenters.